The summed E-state index contributed by atoms with van der Waals surface area (Å²) in [6.45, 7) is 6.60. The average molecular weight is 480 g/mol. The molecule has 0 saturated carbocycles. The minimum absolute atomic E-state index is 0.158. The van der Waals surface area contributed by atoms with Crippen LogP contribution >= 0.6 is 11.8 Å². The fourth-order valence-electron chi connectivity index (χ4n) is 3.69. The van der Waals surface area contributed by atoms with Crippen LogP contribution in [0, 0.1) is 6.92 Å². The fraction of sp³-hybridized carbons (Fsp3) is 0.346. The van der Waals surface area contributed by atoms with Crippen molar-refractivity contribution in [2.24, 2.45) is 0 Å². The third-order valence-electron chi connectivity index (χ3n) is 5.59. The summed E-state index contributed by atoms with van der Waals surface area (Å²) in [5.41, 5.74) is 4.35. The van der Waals surface area contributed by atoms with Gasteiger partial charge in [0.2, 0.25) is 5.91 Å². The van der Waals surface area contributed by atoms with Crippen molar-refractivity contribution >= 4 is 23.4 Å². The van der Waals surface area contributed by atoms with E-state index in [9.17, 15) is 4.79 Å². The van der Waals surface area contributed by atoms with E-state index in [0.29, 0.717) is 36.0 Å². The van der Waals surface area contributed by atoms with Crippen molar-refractivity contribution in [1.82, 2.24) is 9.97 Å². The molecule has 2 aromatic carbocycles. The average Bonchev–Trinajstić information content (AvgIpc) is 2.82. The summed E-state index contributed by atoms with van der Waals surface area (Å²) in [6, 6.07) is 13.4. The number of benzene rings is 2. The molecule has 1 N–H and O–H groups in total. The molecule has 7 nitrogen and oxygen atoms in total. The number of fused-ring (bicyclic) bond motifs is 1. The molecule has 34 heavy (non-hydrogen) atoms. The van der Waals surface area contributed by atoms with Gasteiger partial charge in [0.25, 0.3) is 0 Å². The second kappa shape index (κ2) is 10.0. The number of carbonyl (C=O) groups excluding carboxylic acids is 1. The van der Waals surface area contributed by atoms with Crippen molar-refractivity contribution in [3.8, 4) is 22.9 Å². The molecule has 1 aromatic heterocycles. The van der Waals surface area contributed by atoms with E-state index >= 15 is 0 Å². The molecule has 0 spiro atoms. The minimum Gasteiger partial charge on any atom is -0.497 e. The Morgan fingerprint density at radius 1 is 1.12 bits per heavy atom. The second-order valence-corrected chi connectivity index (χ2v) is 9.74. The summed E-state index contributed by atoms with van der Waals surface area (Å²) >= 11 is 1.39. The molecule has 0 unspecified atom stereocenters. The summed E-state index contributed by atoms with van der Waals surface area (Å²) in [7, 11) is 3.14. The van der Waals surface area contributed by atoms with Crippen molar-refractivity contribution in [3.63, 3.8) is 0 Å². The minimum atomic E-state index is -0.296. The summed E-state index contributed by atoms with van der Waals surface area (Å²) in [5, 5.41) is 3.68. The second-order valence-electron chi connectivity index (χ2n) is 8.77. The number of methoxy groups -OCH3 is 2. The molecular weight excluding hydrogens is 450 g/mol. The van der Waals surface area contributed by atoms with Crippen molar-refractivity contribution in [2.45, 2.75) is 44.4 Å². The van der Waals surface area contributed by atoms with Gasteiger partial charge in [-0.05, 0) is 32.9 Å². The highest BCUT2D eigenvalue weighted by atomic mass is 32.2. The first-order valence-electron chi connectivity index (χ1n) is 11.0. The van der Waals surface area contributed by atoms with E-state index in [1.165, 1.54) is 17.3 Å². The van der Waals surface area contributed by atoms with Crippen LogP contribution in [-0.2, 0) is 22.6 Å². The molecule has 0 radical (unpaired) electrons. The van der Waals surface area contributed by atoms with Crippen LogP contribution in [0.3, 0.4) is 0 Å². The summed E-state index contributed by atoms with van der Waals surface area (Å²) in [4.78, 5) is 22.5. The first kappa shape index (κ1) is 24.0. The lowest BCUT2D eigenvalue weighted by atomic mass is 9.96. The van der Waals surface area contributed by atoms with E-state index in [4.69, 9.17) is 24.2 Å². The highest BCUT2D eigenvalue weighted by molar-refractivity contribution is 8.00. The molecule has 178 valence electrons. The fourth-order valence-corrected chi connectivity index (χ4v) is 4.54. The largest absolute Gasteiger partial charge is 0.497 e. The molecule has 1 aliphatic heterocycles. The van der Waals surface area contributed by atoms with E-state index in [1.807, 2.05) is 24.3 Å². The van der Waals surface area contributed by atoms with E-state index in [1.54, 1.807) is 32.4 Å². The van der Waals surface area contributed by atoms with Crippen LogP contribution in [0.1, 0.15) is 30.7 Å². The zero-order chi connectivity index (χ0) is 24.3. The SMILES string of the molecule is COc1ccc(NC(=O)CSc2nc(-c3ccc(C)cc3)nc3c2COC(C)(C)C3)c(OC)c1. The Hall–Kier alpha value is -3.10. The third kappa shape index (κ3) is 5.51. The number of ether oxygens (including phenoxy) is 3. The molecule has 0 saturated heterocycles. The van der Waals surface area contributed by atoms with E-state index in [2.05, 4.69) is 26.1 Å². The molecule has 1 amide bonds. The number of aromatic nitrogens is 2. The highest BCUT2D eigenvalue weighted by Crippen LogP contribution is 2.34. The Bertz CT molecular complexity index is 1200. The number of carbonyl (C=O) groups is 1. The van der Waals surface area contributed by atoms with Crippen LogP contribution in [-0.4, -0.2) is 41.4 Å². The van der Waals surface area contributed by atoms with Gasteiger partial charge in [-0.25, -0.2) is 9.97 Å². The van der Waals surface area contributed by atoms with Gasteiger partial charge in [0.05, 0.1) is 43.6 Å². The molecule has 0 bridgehead atoms. The number of nitrogens with one attached hydrogen (secondary N) is 1. The number of aryl methyl sites for hydroxylation is 1. The Morgan fingerprint density at radius 2 is 1.88 bits per heavy atom. The molecule has 3 aromatic rings. The zero-order valence-corrected chi connectivity index (χ0v) is 20.9. The van der Waals surface area contributed by atoms with Gasteiger partial charge >= 0.3 is 0 Å². The molecule has 1 aliphatic rings. The van der Waals surface area contributed by atoms with Crippen LogP contribution in [0.25, 0.3) is 11.4 Å². The van der Waals surface area contributed by atoms with E-state index in [0.717, 1.165) is 21.8 Å². The maximum atomic E-state index is 12.8. The topological polar surface area (TPSA) is 82.6 Å². The van der Waals surface area contributed by atoms with Gasteiger partial charge in [-0.1, -0.05) is 41.6 Å². The Morgan fingerprint density at radius 3 is 2.59 bits per heavy atom. The van der Waals surface area contributed by atoms with Crippen LogP contribution in [0.2, 0.25) is 0 Å². The Kier molecular flexibility index (Phi) is 7.09. The lowest BCUT2D eigenvalue weighted by Crippen LogP contribution is -2.33. The van der Waals surface area contributed by atoms with Gasteiger partial charge < -0.3 is 19.5 Å². The van der Waals surface area contributed by atoms with Crippen LogP contribution < -0.4 is 14.8 Å². The van der Waals surface area contributed by atoms with Gasteiger partial charge in [0, 0.05) is 23.6 Å². The van der Waals surface area contributed by atoms with Crippen molar-refractivity contribution in [2.75, 3.05) is 25.3 Å². The summed E-state index contributed by atoms with van der Waals surface area (Å²) in [6.07, 6.45) is 0.687. The van der Waals surface area contributed by atoms with Gasteiger partial charge in [-0.3, -0.25) is 4.79 Å². The number of thioether (sulfide) groups is 1. The normalized spacial score (nSPS) is 14.3. The smallest absolute Gasteiger partial charge is 0.234 e. The molecule has 4 rings (SSSR count). The van der Waals surface area contributed by atoms with Crippen LogP contribution in [0.5, 0.6) is 11.5 Å². The predicted octanol–water partition coefficient (Wildman–Crippen LogP) is 5.05. The van der Waals surface area contributed by atoms with Crippen LogP contribution in [0.15, 0.2) is 47.5 Å². The maximum absolute atomic E-state index is 12.8. The van der Waals surface area contributed by atoms with Crippen molar-refractivity contribution in [1.29, 1.82) is 0 Å². The number of anilines is 1. The predicted molar refractivity (Wildman–Crippen MR) is 134 cm³/mol. The standard InChI is InChI=1S/C26H29N3O4S/c1-16-6-8-17(9-7-16)24-28-21-13-26(2,3)33-14-19(21)25(29-24)34-15-23(30)27-20-11-10-18(31-4)12-22(20)32-5/h6-12H,13-15H2,1-5H3,(H,27,30). The third-order valence-corrected chi connectivity index (χ3v) is 6.61. The lowest BCUT2D eigenvalue weighted by molar-refractivity contribution is -0.113. The quantitative estimate of drug-likeness (QED) is 0.375. The monoisotopic (exact) mass is 479 g/mol. The maximum Gasteiger partial charge on any atom is 0.234 e. The Balaban J connectivity index is 1.57. The number of nitrogens with zero attached hydrogens (tertiary/aromatic N) is 2. The first-order valence-corrected chi connectivity index (χ1v) is 12.0. The zero-order valence-electron chi connectivity index (χ0n) is 20.1. The number of hydrogen-bond donors (Lipinski definition) is 1. The van der Waals surface area contributed by atoms with Crippen molar-refractivity contribution in [3.05, 3.63) is 59.3 Å². The molecule has 8 heteroatoms. The van der Waals surface area contributed by atoms with Gasteiger partial charge in [0.1, 0.15) is 16.5 Å². The van der Waals surface area contributed by atoms with Gasteiger partial charge in [0.15, 0.2) is 5.82 Å². The molecule has 0 aliphatic carbocycles. The molecule has 0 atom stereocenters. The summed E-state index contributed by atoms with van der Waals surface area (Å²) in [5.74, 6) is 1.89. The van der Waals surface area contributed by atoms with E-state index < -0.39 is 0 Å². The lowest BCUT2D eigenvalue weighted by Gasteiger charge is -2.32. The molecule has 0 fully saturated rings. The number of amides is 1. The molecular formula is C26H29N3O4S. The van der Waals surface area contributed by atoms with E-state index in [-0.39, 0.29) is 17.3 Å². The first-order chi connectivity index (χ1) is 16.3. The number of rotatable bonds is 7. The molecule has 2 heterocycles. The highest BCUT2D eigenvalue weighted by Gasteiger charge is 2.30. The van der Waals surface area contributed by atoms with Gasteiger partial charge in [-0.15, -0.1) is 0 Å². The van der Waals surface area contributed by atoms with Crippen LogP contribution in [0.4, 0.5) is 5.69 Å². The Labute approximate surface area is 204 Å². The summed E-state index contributed by atoms with van der Waals surface area (Å²) < 4.78 is 16.6. The van der Waals surface area contributed by atoms with Gasteiger partial charge in [-0.2, -0.15) is 0 Å². The van der Waals surface area contributed by atoms with Crippen molar-refractivity contribution < 1.29 is 19.0 Å². The number of hydrogen-bond acceptors (Lipinski definition) is 7.